The first kappa shape index (κ1) is 18.0. The van der Waals surface area contributed by atoms with Gasteiger partial charge in [-0.25, -0.2) is 0 Å². The van der Waals surface area contributed by atoms with Gasteiger partial charge in [-0.15, -0.1) is 0 Å². The van der Waals surface area contributed by atoms with Crippen molar-refractivity contribution >= 4 is 5.91 Å². The minimum Gasteiger partial charge on any atom is -0.477 e. The molecule has 25 heavy (non-hydrogen) atoms. The summed E-state index contributed by atoms with van der Waals surface area (Å²) in [5, 5.41) is 3.15. The van der Waals surface area contributed by atoms with Gasteiger partial charge in [0.25, 0.3) is 5.91 Å². The minimum absolute atomic E-state index is 0.0336. The van der Waals surface area contributed by atoms with E-state index in [4.69, 9.17) is 4.74 Å². The van der Waals surface area contributed by atoms with Gasteiger partial charge >= 0.3 is 6.18 Å². The number of nitrogens with zero attached hydrogens (tertiary/aromatic N) is 1. The number of carbonyl (C=O) groups excluding carboxylic acids is 1. The number of hydrogen-bond acceptors (Lipinski definition) is 3. The van der Waals surface area contributed by atoms with Crippen molar-refractivity contribution in [2.75, 3.05) is 19.6 Å². The Hall–Kier alpha value is -1.76. The smallest absolute Gasteiger partial charge is 0.408 e. The Morgan fingerprint density at radius 3 is 2.48 bits per heavy atom. The molecule has 0 aromatic heterocycles. The van der Waals surface area contributed by atoms with Crippen LogP contribution in [0.25, 0.3) is 0 Å². The molecule has 1 atom stereocenters. The zero-order valence-electron chi connectivity index (χ0n) is 14.2. The fraction of sp³-hybridized carbons (Fsp3) is 0.611. The predicted molar refractivity (Wildman–Crippen MR) is 87.4 cm³/mol. The summed E-state index contributed by atoms with van der Waals surface area (Å²) < 4.78 is 45.9. The van der Waals surface area contributed by atoms with E-state index in [1.54, 1.807) is 12.1 Å². The van der Waals surface area contributed by atoms with Crippen LogP contribution in [0.4, 0.5) is 13.2 Å². The van der Waals surface area contributed by atoms with E-state index in [1.165, 1.54) is 0 Å². The van der Waals surface area contributed by atoms with Crippen molar-refractivity contribution in [1.82, 2.24) is 10.2 Å². The van der Waals surface area contributed by atoms with Crippen LogP contribution < -0.4 is 10.1 Å². The highest BCUT2D eigenvalue weighted by Gasteiger charge is 2.53. The standard InChI is InChI=1S/C18H23F3N2O2/c1-13-4-6-14(7-5-13)25-17(8-10-22-11-9-17)16(24)23-12-2-3-15(23)18(19,20)21/h4-7,15,22H,2-3,8-12H2,1H3/t15-/m0/s1. The van der Waals surface area contributed by atoms with Crippen LogP contribution in [0, 0.1) is 6.92 Å². The van der Waals surface area contributed by atoms with Gasteiger partial charge in [-0.05, 0) is 45.0 Å². The van der Waals surface area contributed by atoms with Crippen molar-refractivity contribution in [3.05, 3.63) is 29.8 Å². The molecule has 0 spiro atoms. The molecule has 0 aliphatic carbocycles. The second-order valence-corrected chi connectivity index (χ2v) is 6.86. The number of hydrogen-bond donors (Lipinski definition) is 1. The number of benzene rings is 1. The van der Waals surface area contributed by atoms with E-state index in [2.05, 4.69) is 5.32 Å². The van der Waals surface area contributed by atoms with Gasteiger partial charge in [-0.2, -0.15) is 13.2 Å². The van der Waals surface area contributed by atoms with E-state index in [1.807, 2.05) is 19.1 Å². The molecule has 2 aliphatic heterocycles. The van der Waals surface area contributed by atoms with Crippen LogP contribution in [0.2, 0.25) is 0 Å². The third kappa shape index (κ3) is 3.76. The number of amides is 1. The molecular formula is C18H23F3N2O2. The highest BCUT2D eigenvalue weighted by Crippen LogP contribution is 2.37. The largest absolute Gasteiger partial charge is 0.477 e. The summed E-state index contributed by atoms with van der Waals surface area (Å²) in [5.74, 6) is -0.0157. The molecule has 1 aromatic carbocycles. The van der Waals surface area contributed by atoms with Crippen LogP contribution >= 0.6 is 0 Å². The van der Waals surface area contributed by atoms with Gasteiger partial charge in [0.2, 0.25) is 0 Å². The first-order chi connectivity index (χ1) is 11.8. The number of aryl methyl sites for hydroxylation is 1. The van der Waals surface area contributed by atoms with Crippen LogP contribution in [0.5, 0.6) is 5.75 Å². The third-order valence-electron chi connectivity index (χ3n) is 5.03. The molecule has 0 radical (unpaired) electrons. The van der Waals surface area contributed by atoms with E-state index in [9.17, 15) is 18.0 Å². The number of alkyl halides is 3. The highest BCUT2D eigenvalue weighted by molar-refractivity contribution is 5.86. The molecule has 2 heterocycles. The molecule has 2 saturated heterocycles. The fourth-order valence-electron chi connectivity index (χ4n) is 3.63. The number of nitrogens with one attached hydrogen (secondary N) is 1. The van der Waals surface area contributed by atoms with E-state index in [0.29, 0.717) is 38.1 Å². The lowest BCUT2D eigenvalue weighted by Gasteiger charge is -2.40. The SMILES string of the molecule is Cc1ccc(OC2(C(=O)N3CCC[C@H]3C(F)(F)F)CCNCC2)cc1. The van der Waals surface area contributed by atoms with Crippen LogP contribution in [-0.2, 0) is 4.79 Å². The molecular weight excluding hydrogens is 333 g/mol. The summed E-state index contributed by atoms with van der Waals surface area (Å²) in [6.07, 6.45) is -3.34. The summed E-state index contributed by atoms with van der Waals surface area (Å²) in [4.78, 5) is 14.1. The first-order valence-electron chi connectivity index (χ1n) is 8.66. The molecule has 0 unspecified atom stereocenters. The Morgan fingerprint density at radius 2 is 1.88 bits per heavy atom. The number of likely N-dealkylation sites (tertiary alicyclic amines) is 1. The zero-order chi connectivity index (χ0) is 18.1. The Kier molecular flexibility index (Phi) is 4.95. The Balaban J connectivity index is 1.86. The minimum atomic E-state index is -4.40. The summed E-state index contributed by atoms with van der Waals surface area (Å²) >= 11 is 0. The molecule has 1 aromatic rings. The first-order valence-corrected chi connectivity index (χ1v) is 8.66. The monoisotopic (exact) mass is 356 g/mol. The molecule has 0 saturated carbocycles. The normalized spacial score (nSPS) is 23.5. The van der Waals surface area contributed by atoms with Crippen LogP contribution in [-0.4, -0.2) is 48.3 Å². The number of piperidine rings is 1. The summed E-state index contributed by atoms with van der Waals surface area (Å²) in [6.45, 7) is 3.16. The topological polar surface area (TPSA) is 41.6 Å². The fourth-order valence-corrected chi connectivity index (χ4v) is 3.63. The Bertz CT molecular complexity index is 610. The summed E-state index contributed by atoms with van der Waals surface area (Å²) in [6, 6.07) is 5.55. The van der Waals surface area contributed by atoms with Crippen molar-refractivity contribution in [3.8, 4) is 5.75 Å². The van der Waals surface area contributed by atoms with Crippen molar-refractivity contribution in [2.45, 2.75) is 50.4 Å². The Labute approximate surface area is 145 Å². The van der Waals surface area contributed by atoms with Crippen molar-refractivity contribution in [2.24, 2.45) is 0 Å². The van der Waals surface area contributed by atoms with E-state index in [0.717, 1.165) is 10.5 Å². The number of rotatable bonds is 3. The van der Waals surface area contributed by atoms with Gasteiger partial charge in [-0.3, -0.25) is 4.79 Å². The maximum atomic E-state index is 13.3. The van der Waals surface area contributed by atoms with Gasteiger partial charge in [0.05, 0.1) is 0 Å². The lowest BCUT2D eigenvalue weighted by atomic mass is 9.90. The van der Waals surface area contributed by atoms with Gasteiger partial charge in [-0.1, -0.05) is 17.7 Å². The van der Waals surface area contributed by atoms with Crippen LogP contribution in [0.1, 0.15) is 31.2 Å². The molecule has 2 fully saturated rings. The molecule has 3 rings (SSSR count). The van der Waals surface area contributed by atoms with Crippen LogP contribution in [0.15, 0.2) is 24.3 Å². The van der Waals surface area contributed by atoms with E-state index in [-0.39, 0.29) is 13.0 Å². The van der Waals surface area contributed by atoms with Crippen LogP contribution in [0.3, 0.4) is 0 Å². The van der Waals surface area contributed by atoms with Crippen molar-refractivity contribution < 1.29 is 22.7 Å². The third-order valence-corrected chi connectivity index (χ3v) is 5.03. The molecule has 1 amide bonds. The van der Waals surface area contributed by atoms with Gasteiger partial charge in [0, 0.05) is 19.4 Å². The van der Waals surface area contributed by atoms with Crippen molar-refractivity contribution in [1.29, 1.82) is 0 Å². The second-order valence-electron chi connectivity index (χ2n) is 6.86. The number of halogens is 3. The lowest BCUT2D eigenvalue weighted by Crippen LogP contribution is -2.60. The van der Waals surface area contributed by atoms with E-state index < -0.39 is 23.7 Å². The zero-order valence-corrected chi connectivity index (χ0v) is 14.2. The molecule has 0 bridgehead atoms. The predicted octanol–water partition coefficient (Wildman–Crippen LogP) is 3.05. The average Bonchev–Trinajstić information content (AvgIpc) is 3.07. The molecule has 138 valence electrons. The number of carbonyl (C=O) groups is 1. The lowest BCUT2D eigenvalue weighted by molar-refractivity contribution is -0.190. The van der Waals surface area contributed by atoms with Gasteiger partial charge in [0.15, 0.2) is 5.60 Å². The Morgan fingerprint density at radius 1 is 1.24 bits per heavy atom. The average molecular weight is 356 g/mol. The summed E-state index contributed by atoms with van der Waals surface area (Å²) in [7, 11) is 0. The molecule has 7 heteroatoms. The summed E-state index contributed by atoms with van der Waals surface area (Å²) in [5.41, 5.74) is -0.177. The van der Waals surface area contributed by atoms with E-state index >= 15 is 0 Å². The maximum absolute atomic E-state index is 13.3. The highest BCUT2D eigenvalue weighted by atomic mass is 19.4. The quantitative estimate of drug-likeness (QED) is 0.905. The van der Waals surface area contributed by atoms with Gasteiger partial charge < -0.3 is 15.0 Å². The molecule has 4 nitrogen and oxygen atoms in total. The van der Waals surface area contributed by atoms with Crippen molar-refractivity contribution in [3.63, 3.8) is 0 Å². The van der Waals surface area contributed by atoms with Gasteiger partial charge in [0.1, 0.15) is 11.8 Å². The molecule has 1 N–H and O–H groups in total. The number of ether oxygens (including phenoxy) is 1. The maximum Gasteiger partial charge on any atom is 0.408 e. The second kappa shape index (κ2) is 6.86. The molecule has 2 aliphatic rings.